The van der Waals surface area contributed by atoms with Gasteiger partial charge in [0.15, 0.2) is 0 Å². The zero-order valence-electron chi connectivity index (χ0n) is 18.7. The highest BCUT2D eigenvalue weighted by atomic mass is 16.5. The number of methoxy groups -OCH3 is 1. The molecule has 0 saturated carbocycles. The number of nitriles is 1. The van der Waals surface area contributed by atoms with Crippen LogP contribution in [0.25, 0.3) is 0 Å². The van der Waals surface area contributed by atoms with E-state index in [9.17, 15) is 9.90 Å². The van der Waals surface area contributed by atoms with Crippen LogP contribution in [0, 0.1) is 11.3 Å². The topological polar surface area (TPSA) is 94.8 Å². The second-order valence-electron chi connectivity index (χ2n) is 7.98. The van der Waals surface area contributed by atoms with Crippen molar-refractivity contribution < 1.29 is 19.4 Å². The number of ether oxygens (including phenoxy) is 2. The first-order valence-corrected chi connectivity index (χ1v) is 11.0. The highest BCUT2D eigenvalue weighted by Gasteiger charge is 2.25. The average Bonchev–Trinajstić information content (AvgIpc) is 2.81. The average molecular weight is 438 g/mol. The molecule has 1 heterocycles. The minimum absolute atomic E-state index is 0.00413. The van der Waals surface area contributed by atoms with Gasteiger partial charge in [-0.25, -0.2) is 0 Å². The van der Waals surface area contributed by atoms with Crippen LogP contribution in [0.2, 0.25) is 0 Å². The maximum atomic E-state index is 11.4. The van der Waals surface area contributed by atoms with E-state index in [1.807, 2.05) is 24.3 Å². The SMILES string of the molecule is CCC(c1ccc(C(COC)CC(=O)O)cc1Nc1ccc(C#N)cc1)N1CCOCC1. The Balaban J connectivity index is 1.99. The number of nitrogens with one attached hydrogen (secondary N) is 1. The molecule has 1 aliphatic rings. The summed E-state index contributed by atoms with van der Waals surface area (Å²) in [5.74, 6) is -1.09. The quantitative estimate of drug-likeness (QED) is 0.572. The Morgan fingerprint density at radius 1 is 1.25 bits per heavy atom. The van der Waals surface area contributed by atoms with Crippen LogP contribution in [0.5, 0.6) is 0 Å². The van der Waals surface area contributed by atoms with E-state index in [0.29, 0.717) is 12.2 Å². The van der Waals surface area contributed by atoms with Crippen molar-refractivity contribution in [3.8, 4) is 6.07 Å². The van der Waals surface area contributed by atoms with Crippen molar-refractivity contribution in [1.29, 1.82) is 5.26 Å². The number of nitrogens with zero attached hydrogens (tertiary/aromatic N) is 2. The lowest BCUT2D eigenvalue weighted by atomic mass is 9.91. The largest absolute Gasteiger partial charge is 0.481 e. The number of hydrogen-bond acceptors (Lipinski definition) is 6. The van der Waals surface area contributed by atoms with E-state index >= 15 is 0 Å². The van der Waals surface area contributed by atoms with Gasteiger partial charge in [0.1, 0.15) is 0 Å². The highest BCUT2D eigenvalue weighted by molar-refractivity contribution is 5.69. The van der Waals surface area contributed by atoms with Gasteiger partial charge in [0, 0.05) is 43.5 Å². The third-order valence-corrected chi connectivity index (χ3v) is 5.86. The molecule has 170 valence electrons. The van der Waals surface area contributed by atoms with Crippen LogP contribution >= 0.6 is 0 Å². The predicted molar refractivity (Wildman–Crippen MR) is 123 cm³/mol. The lowest BCUT2D eigenvalue weighted by Crippen LogP contribution is -2.39. The van der Waals surface area contributed by atoms with Gasteiger partial charge in [-0.15, -0.1) is 0 Å². The van der Waals surface area contributed by atoms with Gasteiger partial charge in [-0.1, -0.05) is 19.1 Å². The third kappa shape index (κ3) is 6.07. The Labute approximate surface area is 189 Å². The molecule has 3 rings (SSSR count). The molecule has 0 radical (unpaired) electrons. The fraction of sp³-hybridized carbons (Fsp3) is 0.440. The summed E-state index contributed by atoms with van der Waals surface area (Å²) >= 11 is 0. The van der Waals surface area contributed by atoms with E-state index < -0.39 is 5.97 Å². The monoisotopic (exact) mass is 437 g/mol. The van der Waals surface area contributed by atoms with Crippen LogP contribution in [0.15, 0.2) is 42.5 Å². The zero-order valence-corrected chi connectivity index (χ0v) is 18.7. The van der Waals surface area contributed by atoms with Gasteiger partial charge in [0.05, 0.1) is 37.9 Å². The molecular formula is C25H31N3O4. The molecule has 1 aliphatic heterocycles. The molecule has 0 aliphatic carbocycles. The van der Waals surface area contributed by atoms with E-state index in [1.54, 1.807) is 19.2 Å². The van der Waals surface area contributed by atoms with Crippen molar-refractivity contribution in [2.45, 2.75) is 31.7 Å². The number of carboxylic acid groups (broad SMARTS) is 1. The normalized spacial score (nSPS) is 16.2. The molecule has 7 nitrogen and oxygen atoms in total. The molecule has 7 heteroatoms. The Hall–Kier alpha value is -2.92. The number of carbonyl (C=O) groups is 1. The molecule has 2 N–H and O–H groups in total. The molecule has 0 bridgehead atoms. The smallest absolute Gasteiger partial charge is 0.304 e. The van der Waals surface area contributed by atoms with Gasteiger partial charge >= 0.3 is 5.97 Å². The summed E-state index contributed by atoms with van der Waals surface area (Å²) in [5, 5.41) is 22.0. The summed E-state index contributed by atoms with van der Waals surface area (Å²) in [6.07, 6.45) is 0.947. The summed E-state index contributed by atoms with van der Waals surface area (Å²) < 4.78 is 10.8. The number of hydrogen-bond donors (Lipinski definition) is 2. The number of rotatable bonds is 10. The van der Waals surface area contributed by atoms with Crippen molar-refractivity contribution >= 4 is 17.3 Å². The minimum Gasteiger partial charge on any atom is -0.481 e. The van der Waals surface area contributed by atoms with E-state index in [1.165, 1.54) is 0 Å². The van der Waals surface area contributed by atoms with Crippen LogP contribution in [0.4, 0.5) is 11.4 Å². The maximum absolute atomic E-state index is 11.4. The Morgan fingerprint density at radius 3 is 2.56 bits per heavy atom. The number of aliphatic carboxylic acids is 1. The molecule has 2 atom stereocenters. The molecule has 0 amide bonds. The number of benzene rings is 2. The molecule has 2 aromatic rings. The standard InChI is InChI=1S/C25H31N3O4/c1-3-24(28-10-12-32-13-11-28)22-9-6-19(20(17-31-2)15-25(29)30)14-23(22)27-21-7-4-18(16-26)5-8-21/h4-9,14,20,24,27H,3,10-13,15,17H2,1-2H3,(H,29,30). The molecule has 1 fully saturated rings. The second-order valence-corrected chi connectivity index (χ2v) is 7.98. The van der Waals surface area contributed by atoms with Crippen LogP contribution in [0.1, 0.15) is 48.4 Å². The maximum Gasteiger partial charge on any atom is 0.304 e. The Bertz CT molecular complexity index is 933. The highest BCUT2D eigenvalue weighted by Crippen LogP contribution is 2.35. The van der Waals surface area contributed by atoms with E-state index in [4.69, 9.17) is 14.7 Å². The summed E-state index contributed by atoms with van der Waals surface area (Å²) in [5.41, 5.74) is 4.50. The van der Waals surface area contributed by atoms with Crippen molar-refractivity contribution in [3.63, 3.8) is 0 Å². The van der Waals surface area contributed by atoms with Crippen molar-refractivity contribution in [1.82, 2.24) is 4.90 Å². The first-order valence-electron chi connectivity index (χ1n) is 11.0. The lowest BCUT2D eigenvalue weighted by molar-refractivity contribution is -0.137. The fourth-order valence-electron chi connectivity index (χ4n) is 4.26. The molecule has 0 aromatic heterocycles. The first kappa shape index (κ1) is 23.7. The molecular weight excluding hydrogens is 406 g/mol. The fourth-order valence-corrected chi connectivity index (χ4v) is 4.26. The molecule has 32 heavy (non-hydrogen) atoms. The molecule has 2 unspecified atom stereocenters. The summed E-state index contributed by atoms with van der Waals surface area (Å²) in [6, 6.07) is 15.9. The van der Waals surface area contributed by atoms with Gasteiger partial charge < -0.3 is 19.9 Å². The number of morpholine rings is 1. The summed E-state index contributed by atoms with van der Waals surface area (Å²) in [7, 11) is 1.59. The van der Waals surface area contributed by atoms with Crippen molar-refractivity contribution in [2.24, 2.45) is 0 Å². The van der Waals surface area contributed by atoms with Crippen LogP contribution in [-0.4, -0.2) is 56.0 Å². The van der Waals surface area contributed by atoms with Crippen LogP contribution in [0.3, 0.4) is 0 Å². The van der Waals surface area contributed by atoms with Gasteiger partial charge in [0.25, 0.3) is 0 Å². The molecule has 1 saturated heterocycles. The van der Waals surface area contributed by atoms with Gasteiger partial charge in [-0.05, 0) is 47.9 Å². The van der Waals surface area contributed by atoms with Gasteiger partial charge in [-0.3, -0.25) is 9.69 Å². The minimum atomic E-state index is -0.850. The Kier molecular flexibility index (Phi) is 8.63. The van der Waals surface area contributed by atoms with Gasteiger partial charge in [-0.2, -0.15) is 5.26 Å². The number of anilines is 2. The first-order chi connectivity index (χ1) is 15.5. The van der Waals surface area contributed by atoms with Gasteiger partial charge in [0.2, 0.25) is 0 Å². The van der Waals surface area contributed by atoms with E-state index in [-0.39, 0.29) is 18.4 Å². The summed E-state index contributed by atoms with van der Waals surface area (Å²) in [4.78, 5) is 13.8. The molecule has 0 spiro atoms. The second kappa shape index (κ2) is 11.6. The Morgan fingerprint density at radius 2 is 1.97 bits per heavy atom. The predicted octanol–water partition coefficient (Wildman–Crippen LogP) is 4.29. The zero-order chi connectivity index (χ0) is 22.9. The third-order valence-electron chi connectivity index (χ3n) is 5.86. The van der Waals surface area contributed by atoms with E-state index in [2.05, 4.69) is 29.3 Å². The van der Waals surface area contributed by atoms with E-state index in [0.717, 1.165) is 55.2 Å². The molecule has 2 aromatic carbocycles. The lowest BCUT2D eigenvalue weighted by Gasteiger charge is -2.35. The number of carboxylic acids is 1. The van der Waals surface area contributed by atoms with Crippen molar-refractivity contribution in [2.75, 3.05) is 45.3 Å². The van der Waals surface area contributed by atoms with Crippen LogP contribution in [-0.2, 0) is 14.3 Å². The summed E-state index contributed by atoms with van der Waals surface area (Å²) in [6.45, 7) is 5.72. The van der Waals surface area contributed by atoms with Crippen LogP contribution < -0.4 is 5.32 Å². The van der Waals surface area contributed by atoms with Crippen molar-refractivity contribution in [3.05, 3.63) is 59.2 Å².